The molecular weight excluding hydrogens is 566 g/mol. The van der Waals surface area contributed by atoms with E-state index in [2.05, 4.69) is 15.2 Å². The van der Waals surface area contributed by atoms with Gasteiger partial charge in [0, 0.05) is 17.3 Å². The molecule has 2 N–H and O–H groups in total. The second-order valence-corrected chi connectivity index (χ2v) is 10.9. The van der Waals surface area contributed by atoms with Crippen LogP contribution in [0.15, 0.2) is 119 Å². The zero-order valence-electron chi connectivity index (χ0n) is 23.5. The van der Waals surface area contributed by atoms with Crippen LogP contribution in [0.4, 0.5) is 5.69 Å². The lowest BCUT2D eigenvalue weighted by Crippen LogP contribution is -2.21. The molecule has 5 rings (SSSR count). The van der Waals surface area contributed by atoms with Crippen LogP contribution in [0.25, 0.3) is 16.9 Å². The Morgan fingerprint density at radius 1 is 0.907 bits per heavy atom. The lowest BCUT2D eigenvalue weighted by molar-refractivity contribution is 0.0956. The van der Waals surface area contributed by atoms with Gasteiger partial charge >= 0.3 is 0 Å². The van der Waals surface area contributed by atoms with E-state index >= 15 is 0 Å². The molecule has 0 bridgehead atoms. The molecule has 11 heteroatoms. The molecule has 0 unspecified atom stereocenters. The van der Waals surface area contributed by atoms with E-state index in [1.165, 1.54) is 30.5 Å². The van der Waals surface area contributed by atoms with E-state index in [9.17, 15) is 13.2 Å². The molecule has 0 radical (unpaired) electrons. The third kappa shape index (κ3) is 6.91. The lowest BCUT2D eigenvalue weighted by atomic mass is 10.1. The summed E-state index contributed by atoms with van der Waals surface area (Å²) < 4.78 is 41.0. The molecule has 0 spiro atoms. The molecular formula is C32H29N5O5S. The number of carbonyl (C=O) groups is 1. The molecule has 0 aliphatic rings. The molecule has 1 aromatic heterocycles. The largest absolute Gasteiger partial charge is 0.497 e. The summed E-state index contributed by atoms with van der Waals surface area (Å²) in [5.41, 5.74) is 5.70. The smallest absolute Gasteiger partial charge is 0.273 e. The van der Waals surface area contributed by atoms with Crippen molar-refractivity contribution in [1.82, 2.24) is 15.2 Å². The van der Waals surface area contributed by atoms with Gasteiger partial charge in [-0.25, -0.2) is 18.5 Å². The van der Waals surface area contributed by atoms with E-state index in [1.54, 1.807) is 36.1 Å². The van der Waals surface area contributed by atoms with E-state index in [-0.39, 0.29) is 16.1 Å². The third-order valence-electron chi connectivity index (χ3n) is 6.36. The van der Waals surface area contributed by atoms with Crippen LogP contribution in [0.1, 0.15) is 22.8 Å². The van der Waals surface area contributed by atoms with Gasteiger partial charge in [-0.2, -0.15) is 10.2 Å². The highest BCUT2D eigenvalue weighted by atomic mass is 32.2. The van der Waals surface area contributed by atoms with Gasteiger partial charge in [-0.15, -0.1) is 0 Å². The van der Waals surface area contributed by atoms with Crippen molar-refractivity contribution in [3.05, 3.63) is 120 Å². The average Bonchev–Trinajstić information content (AvgIpc) is 3.46. The number of anilines is 1. The highest BCUT2D eigenvalue weighted by Crippen LogP contribution is 2.25. The number of sulfonamides is 1. The number of amides is 1. The first-order valence-electron chi connectivity index (χ1n) is 13.4. The molecule has 4 aromatic carbocycles. The van der Waals surface area contributed by atoms with Gasteiger partial charge in [0.1, 0.15) is 17.2 Å². The summed E-state index contributed by atoms with van der Waals surface area (Å²) in [5.74, 6) is 0.678. The minimum absolute atomic E-state index is 0.0330. The third-order valence-corrected chi connectivity index (χ3v) is 7.74. The van der Waals surface area contributed by atoms with Crippen LogP contribution >= 0.6 is 0 Å². The zero-order chi connectivity index (χ0) is 30.2. The number of rotatable bonds is 11. The van der Waals surface area contributed by atoms with E-state index in [0.29, 0.717) is 29.4 Å². The average molecular weight is 596 g/mol. The Morgan fingerprint density at radius 3 is 2.28 bits per heavy atom. The summed E-state index contributed by atoms with van der Waals surface area (Å²) >= 11 is 0. The molecule has 1 amide bonds. The molecule has 0 atom stereocenters. The number of ether oxygens (including phenoxy) is 2. The fourth-order valence-electron chi connectivity index (χ4n) is 4.24. The Hall–Kier alpha value is -5.42. The maximum Gasteiger partial charge on any atom is 0.273 e. The Kier molecular flexibility index (Phi) is 8.82. The highest BCUT2D eigenvalue weighted by molar-refractivity contribution is 7.92. The van der Waals surface area contributed by atoms with Crippen LogP contribution in [-0.4, -0.2) is 44.0 Å². The van der Waals surface area contributed by atoms with Crippen molar-refractivity contribution < 1.29 is 22.7 Å². The van der Waals surface area contributed by atoms with Crippen molar-refractivity contribution in [1.29, 1.82) is 0 Å². The first kappa shape index (κ1) is 29.1. The summed E-state index contributed by atoms with van der Waals surface area (Å²) in [6.07, 6.45) is 3.31. The van der Waals surface area contributed by atoms with Crippen molar-refractivity contribution in [2.24, 2.45) is 5.10 Å². The standard InChI is InChI=1S/C32H29N5O5S/c1-3-42-27-17-19-28(20-18-27)43(39,40)36-30-12-8-7-11-29(30)32(38)34-33-21-24-22-37(25-9-5-4-6-10-25)35-31(24)23-13-15-26(41-2)16-14-23/h4-22,36H,3H2,1-2H3,(H,34,38). The van der Waals surface area contributed by atoms with Gasteiger partial charge in [0.15, 0.2) is 0 Å². The van der Waals surface area contributed by atoms with Gasteiger partial charge in [-0.05, 0) is 79.7 Å². The highest BCUT2D eigenvalue weighted by Gasteiger charge is 2.19. The van der Waals surface area contributed by atoms with Crippen LogP contribution < -0.4 is 19.6 Å². The predicted octanol–water partition coefficient (Wildman–Crippen LogP) is 5.51. The number of hydrogen-bond donors (Lipinski definition) is 2. The van der Waals surface area contributed by atoms with Crippen molar-refractivity contribution in [3.8, 4) is 28.4 Å². The Labute approximate surface area is 249 Å². The monoisotopic (exact) mass is 595 g/mol. The van der Waals surface area contributed by atoms with Crippen molar-refractivity contribution in [2.45, 2.75) is 11.8 Å². The molecule has 0 aliphatic heterocycles. The summed E-state index contributed by atoms with van der Waals surface area (Å²) in [5, 5.41) is 8.92. The second kappa shape index (κ2) is 13.0. The maximum absolute atomic E-state index is 13.1. The van der Waals surface area contributed by atoms with Gasteiger partial charge in [0.25, 0.3) is 15.9 Å². The topological polar surface area (TPSA) is 124 Å². The van der Waals surface area contributed by atoms with E-state index < -0.39 is 15.9 Å². The second-order valence-electron chi connectivity index (χ2n) is 9.20. The fraction of sp³-hybridized carbons (Fsp3) is 0.0938. The van der Waals surface area contributed by atoms with Gasteiger partial charge in [0.05, 0.1) is 41.8 Å². The first-order chi connectivity index (χ1) is 20.9. The number of carbonyl (C=O) groups excluding carboxylic acids is 1. The maximum atomic E-state index is 13.1. The van der Waals surface area contributed by atoms with Crippen LogP contribution in [0, 0.1) is 0 Å². The normalized spacial score (nSPS) is 11.3. The number of hydrazone groups is 1. The summed E-state index contributed by atoms with van der Waals surface area (Å²) in [6, 6.07) is 29.4. The number of nitrogens with one attached hydrogen (secondary N) is 2. The fourth-order valence-corrected chi connectivity index (χ4v) is 5.32. The minimum atomic E-state index is -3.97. The van der Waals surface area contributed by atoms with E-state index in [4.69, 9.17) is 14.6 Å². The predicted molar refractivity (Wildman–Crippen MR) is 165 cm³/mol. The first-order valence-corrected chi connectivity index (χ1v) is 14.8. The van der Waals surface area contributed by atoms with Gasteiger partial charge in [0.2, 0.25) is 0 Å². The van der Waals surface area contributed by atoms with Crippen LogP contribution in [0.5, 0.6) is 11.5 Å². The molecule has 5 aromatic rings. The minimum Gasteiger partial charge on any atom is -0.497 e. The van der Waals surface area contributed by atoms with Crippen LogP contribution in [-0.2, 0) is 10.0 Å². The zero-order valence-corrected chi connectivity index (χ0v) is 24.3. The Morgan fingerprint density at radius 2 is 1.58 bits per heavy atom. The number of hydrogen-bond acceptors (Lipinski definition) is 7. The Balaban J connectivity index is 1.37. The van der Waals surface area contributed by atoms with E-state index in [0.717, 1.165) is 11.3 Å². The molecule has 10 nitrogen and oxygen atoms in total. The molecule has 0 saturated carbocycles. The van der Waals surface area contributed by atoms with Crippen molar-refractivity contribution in [2.75, 3.05) is 18.4 Å². The molecule has 43 heavy (non-hydrogen) atoms. The number of aromatic nitrogens is 2. The van der Waals surface area contributed by atoms with Gasteiger partial charge < -0.3 is 9.47 Å². The summed E-state index contributed by atoms with van der Waals surface area (Å²) in [7, 11) is -2.37. The lowest BCUT2D eigenvalue weighted by Gasteiger charge is -2.12. The van der Waals surface area contributed by atoms with Gasteiger partial charge in [-0.3, -0.25) is 9.52 Å². The molecule has 0 fully saturated rings. The number of benzene rings is 4. The van der Waals surface area contributed by atoms with Crippen molar-refractivity contribution in [3.63, 3.8) is 0 Å². The molecule has 1 heterocycles. The quantitative estimate of drug-likeness (QED) is 0.153. The number of nitrogens with zero attached hydrogens (tertiary/aromatic N) is 3. The SMILES string of the molecule is CCOc1ccc(S(=O)(=O)Nc2ccccc2C(=O)NN=Cc2cn(-c3ccccc3)nc2-c2ccc(OC)cc2)cc1. The number of methoxy groups -OCH3 is 1. The molecule has 0 saturated heterocycles. The summed E-state index contributed by atoms with van der Waals surface area (Å²) in [6.45, 7) is 2.31. The van der Waals surface area contributed by atoms with Gasteiger partial charge in [-0.1, -0.05) is 30.3 Å². The van der Waals surface area contributed by atoms with E-state index in [1.807, 2.05) is 67.7 Å². The Bertz CT molecular complexity index is 1840. The number of para-hydroxylation sites is 2. The van der Waals surface area contributed by atoms with Crippen LogP contribution in [0.3, 0.4) is 0 Å². The van der Waals surface area contributed by atoms with Crippen LogP contribution in [0.2, 0.25) is 0 Å². The molecule has 218 valence electrons. The summed E-state index contributed by atoms with van der Waals surface area (Å²) in [4.78, 5) is 13.2. The molecule has 0 aliphatic carbocycles. The van der Waals surface area contributed by atoms with Crippen molar-refractivity contribution >= 4 is 27.8 Å².